The number of piperidine rings is 1. The summed E-state index contributed by atoms with van der Waals surface area (Å²) in [5, 5.41) is 0. The summed E-state index contributed by atoms with van der Waals surface area (Å²) < 4.78 is 15.8. The summed E-state index contributed by atoms with van der Waals surface area (Å²) >= 11 is 0. The smallest absolute Gasteiger partial charge is 0.275 e. The quantitative estimate of drug-likeness (QED) is 0.842. The molecule has 1 saturated heterocycles. The molecule has 1 fully saturated rings. The Kier molecular flexibility index (Phi) is 5.15. The molecule has 1 aliphatic rings. The molecule has 1 amide bonds. The van der Waals surface area contributed by atoms with Gasteiger partial charge < -0.3 is 18.8 Å². The summed E-state index contributed by atoms with van der Waals surface area (Å²) in [5.41, 5.74) is 1.56. The number of hydrogen-bond donors (Lipinski definition) is 0. The van der Waals surface area contributed by atoms with Gasteiger partial charge in [0.15, 0.2) is 12.1 Å². The number of ether oxygens (including phenoxy) is 2. The molecule has 6 heteroatoms. The molecule has 2 atom stereocenters. The first-order chi connectivity index (χ1) is 11.7. The van der Waals surface area contributed by atoms with Gasteiger partial charge in [0.05, 0.1) is 13.2 Å². The largest absolute Gasteiger partial charge is 0.497 e. The highest BCUT2D eigenvalue weighted by Gasteiger charge is 2.32. The average Bonchev–Trinajstić information content (AvgIpc) is 3.16. The third kappa shape index (κ3) is 3.59. The second-order valence-electron chi connectivity index (χ2n) is 6.00. The molecule has 0 aliphatic carbocycles. The van der Waals surface area contributed by atoms with Crippen molar-refractivity contribution in [3.63, 3.8) is 0 Å². The van der Waals surface area contributed by atoms with Crippen LogP contribution in [0.15, 0.2) is 41.3 Å². The third-order valence-corrected chi connectivity index (χ3v) is 4.56. The minimum Gasteiger partial charge on any atom is -0.497 e. The van der Waals surface area contributed by atoms with Crippen LogP contribution in [0, 0.1) is 5.92 Å². The lowest BCUT2D eigenvalue weighted by Gasteiger charge is -2.37. The minimum absolute atomic E-state index is 0.0852. The number of rotatable bonds is 5. The molecule has 1 aromatic heterocycles. The van der Waals surface area contributed by atoms with Gasteiger partial charge >= 0.3 is 0 Å². The summed E-state index contributed by atoms with van der Waals surface area (Å²) in [6.45, 7) is 1.32. The zero-order valence-corrected chi connectivity index (χ0v) is 14.0. The number of likely N-dealkylation sites (tertiary alicyclic amines) is 1. The molecule has 1 aliphatic heterocycles. The lowest BCUT2D eigenvalue weighted by molar-refractivity contribution is -0.00317. The van der Waals surface area contributed by atoms with Crippen molar-refractivity contribution in [3.05, 3.63) is 48.2 Å². The van der Waals surface area contributed by atoms with E-state index in [4.69, 9.17) is 13.9 Å². The van der Waals surface area contributed by atoms with Gasteiger partial charge in [0.25, 0.3) is 5.91 Å². The first kappa shape index (κ1) is 16.5. The predicted octanol–water partition coefficient (Wildman–Crippen LogP) is 2.40. The summed E-state index contributed by atoms with van der Waals surface area (Å²) in [4.78, 5) is 18.3. The van der Waals surface area contributed by atoms with Gasteiger partial charge in [-0.2, -0.15) is 0 Å². The Morgan fingerprint density at radius 2 is 2.12 bits per heavy atom. The van der Waals surface area contributed by atoms with E-state index in [0.717, 1.165) is 18.6 Å². The number of carbonyl (C=O) groups is 1. The van der Waals surface area contributed by atoms with E-state index in [9.17, 15) is 4.79 Å². The van der Waals surface area contributed by atoms with E-state index < -0.39 is 0 Å². The molecule has 0 saturated carbocycles. The van der Waals surface area contributed by atoms with Crippen LogP contribution < -0.4 is 4.74 Å². The molecule has 3 rings (SSSR count). The zero-order valence-electron chi connectivity index (χ0n) is 14.0. The Bertz CT molecular complexity index is 654. The van der Waals surface area contributed by atoms with Crippen molar-refractivity contribution in [3.8, 4) is 5.75 Å². The van der Waals surface area contributed by atoms with Crippen LogP contribution in [0.5, 0.6) is 5.75 Å². The van der Waals surface area contributed by atoms with E-state index in [1.807, 2.05) is 17.0 Å². The molecule has 6 nitrogen and oxygen atoms in total. The molecular weight excluding hydrogens is 308 g/mol. The molecule has 1 aromatic carbocycles. The van der Waals surface area contributed by atoms with Gasteiger partial charge in [0.2, 0.25) is 0 Å². The van der Waals surface area contributed by atoms with Crippen LogP contribution in [-0.4, -0.2) is 49.2 Å². The molecule has 0 unspecified atom stereocenters. The standard InChI is InChI=1S/C18H22N2O4/c1-22-15-5-3-13(4-6-15)9-14-10-20(8-7-17(14)23-2)18(21)16-11-24-12-19-16/h3-6,11-12,14,17H,7-10H2,1-2H3/t14-,17+/m0/s1. The van der Waals surface area contributed by atoms with Crippen LogP contribution in [0.1, 0.15) is 22.5 Å². The van der Waals surface area contributed by atoms with Crippen molar-refractivity contribution in [2.75, 3.05) is 27.3 Å². The van der Waals surface area contributed by atoms with E-state index in [-0.39, 0.29) is 17.9 Å². The van der Waals surface area contributed by atoms with Gasteiger partial charge in [0.1, 0.15) is 12.0 Å². The van der Waals surface area contributed by atoms with Crippen LogP contribution in [0.4, 0.5) is 0 Å². The van der Waals surface area contributed by atoms with E-state index in [1.54, 1.807) is 14.2 Å². The highest BCUT2D eigenvalue weighted by Crippen LogP contribution is 2.25. The van der Waals surface area contributed by atoms with Crippen molar-refractivity contribution >= 4 is 5.91 Å². The monoisotopic (exact) mass is 330 g/mol. The minimum atomic E-state index is -0.0852. The van der Waals surface area contributed by atoms with Gasteiger partial charge in [-0.3, -0.25) is 4.79 Å². The number of amides is 1. The fourth-order valence-electron chi connectivity index (χ4n) is 3.25. The van der Waals surface area contributed by atoms with Gasteiger partial charge in [-0.15, -0.1) is 0 Å². The van der Waals surface area contributed by atoms with Gasteiger partial charge in [-0.25, -0.2) is 4.98 Å². The molecule has 128 valence electrons. The van der Waals surface area contributed by atoms with Crippen LogP contribution in [0.25, 0.3) is 0 Å². The van der Waals surface area contributed by atoms with Crippen molar-refractivity contribution in [2.24, 2.45) is 5.92 Å². The lowest BCUT2D eigenvalue weighted by atomic mass is 9.88. The number of nitrogens with zero attached hydrogens (tertiary/aromatic N) is 2. The SMILES string of the molecule is COc1ccc(C[C@H]2CN(C(=O)c3cocn3)CC[C@H]2OC)cc1. The average molecular weight is 330 g/mol. The maximum Gasteiger partial charge on any atom is 0.275 e. The molecule has 2 heterocycles. The Balaban J connectivity index is 1.69. The first-order valence-electron chi connectivity index (χ1n) is 8.04. The number of aromatic nitrogens is 1. The molecule has 2 aromatic rings. The van der Waals surface area contributed by atoms with Crippen LogP contribution in [0.3, 0.4) is 0 Å². The van der Waals surface area contributed by atoms with Crippen molar-refractivity contribution < 1.29 is 18.7 Å². The fourth-order valence-corrected chi connectivity index (χ4v) is 3.25. The molecule has 0 bridgehead atoms. The highest BCUT2D eigenvalue weighted by atomic mass is 16.5. The first-order valence-corrected chi connectivity index (χ1v) is 8.04. The van der Waals surface area contributed by atoms with Crippen LogP contribution >= 0.6 is 0 Å². The number of carbonyl (C=O) groups excluding carboxylic acids is 1. The maximum atomic E-state index is 12.5. The highest BCUT2D eigenvalue weighted by molar-refractivity contribution is 5.91. The van der Waals surface area contributed by atoms with Crippen LogP contribution in [-0.2, 0) is 11.2 Å². The number of benzene rings is 1. The van der Waals surface area contributed by atoms with E-state index in [1.165, 1.54) is 18.2 Å². The van der Waals surface area contributed by atoms with Crippen molar-refractivity contribution in [2.45, 2.75) is 18.9 Å². The zero-order chi connectivity index (χ0) is 16.9. The summed E-state index contributed by atoms with van der Waals surface area (Å²) in [7, 11) is 3.39. The summed E-state index contributed by atoms with van der Waals surface area (Å²) in [5.74, 6) is 1.000. The number of hydrogen-bond acceptors (Lipinski definition) is 5. The Labute approximate surface area is 141 Å². The van der Waals surface area contributed by atoms with E-state index in [0.29, 0.717) is 18.8 Å². The Morgan fingerprint density at radius 1 is 1.33 bits per heavy atom. The maximum absolute atomic E-state index is 12.5. The molecular formula is C18H22N2O4. The van der Waals surface area contributed by atoms with Crippen molar-refractivity contribution in [1.29, 1.82) is 0 Å². The molecule has 0 N–H and O–H groups in total. The summed E-state index contributed by atoms with van der Waals surface area (Å²) in [6, 6.07) is 8.03. The number of oxazole rings is 1. The molecule has 0 spiro atoms. The lowest BCUT2D eigenvalue weighted by Crippen LogP contribution is -2.47. The second kappa shape index (κ2) is 7.49. The predicted molar refractivity (Wildman–Crippen MR) is 88.0 cm³/mol. The molecule has 0 radical (unpaired) electrons. The van der Waals surface area contributed by atoms with E-state index >= 15 is 0 Å². The van der Waals surface area contributed by atoms with Crippen LogP contribution in [0.2, 0.25) is 0 Å². The Morgan fingerprint density at radius 3 is 2.75 bits per heavy atom. The van der Waals surface area contributed by atoms with Crippen molar-refractivity contribution in [1.82, 2.24) is 9.88 Å². The van der Waals surface area contributed by atoms with Gasteiger partial charge in [-0.05, 0) is 30.5 Å². The second-order valence-corrected chi connectivity index (χ2v) is 6.00. The van der Waals surface area contributed by atoms with Gasteiger partial charge in [0, 0.05) is 26.1 Å². The summed E-state index contributed by atoms with van der Waals surface area (Å²) in [6.07, 6.45) is 4.49. The van der Waals surface area contributed by atoms with Gasteiger partial charge in [-0.1, -0.05) is 12.1 Å². The van der Waals surface area contributed by atoms with E-state index in [2.05, 4.69) is 17.1 Å². The third-order valence-electron chi connectivity index (χ3n) is 4.56. The Hall–Kier alpha value is -2.34. The number of methoxy groups -OCH3 is 2. The molecule has 24 heavy (non-hydrogen) atoms. The normalized spacial score (nSPS) is 20.8. The fraction of sp³-hybridized carbons (Fsp3) is 0.444. The topological polar surface area (TPSA) is 64.8 Å².